The number of amides is 1. The number of nitrogens with two attached hydrogens (primary N) is 2. The summed E-state index contributed by atoms with van der Waals surface area (Å²) in [5.74, 6) is -0.909. The quantitative estimate of drug-likeness (QED) is 0.546. The van der Waals surface area contributed by atoms with Crippen LogP contribution in [0.15, 0.2) is 12.1 Å². The smallest absolute Gasteiger partial charge is 0.217 e. The van der Waals surface area contributed by atoms with Crippen molar-refractivity contribution in [3.05, 3.63) is 23.0 Å². The van der Waals surface area contributed by atoms with Gasteiger partial charge in [-0.3, -0.25) is 4.79 Å². The molecule has 0 saturated heterocycles. The molecule has 0 unspecified atom stereocenters. The van der Waals surface area contributed by atoms with E-state index in [1.807, 2.05) is 0 Å². The number of anilines is 2. The minimum atomic E-state index is -0.554. The van der Waals surface area contributed by atoms with Gasteiger partial charge < -0.3 is 16.8 Å². The molecule has 0 atom stereocenters. The normalized spacial score (nSPS) is 10.1. The summed E-state index contributed by atoms with van der Waals surface area (Å²) in [5, 5.41) is 2.96. The van der Waals surface area contributed by atoms with Crippen molar-refractivity contribution in [2.24, 2.45) is 5.73 Å². The summed E-state index contributed by atoms with van der Waals surface area (Å²) in [5.41, 5.74) is 11.4. The molecule has 6 heteroatoms. The highest BCUT2D eigenvalue weighted by Crippen LogP contribution is 2.26. The maximum Gasteiger partial charge on any atom is 0.217 e. The molecular formula is C10H13ClFN3O. The largest absolute Gasteiger partial charge is 0.397 e. The second-order valence-corrected chi connectivity index (χ2v) is 3.76. The van der Waals surface area contributed by atoms with Crippen LogP contribution in [0, 0.1) is 5.82 Å². The molecule has 88 valence electrons. The van der Waals surface area contributed by atoms with Gasteiger partial charge in [-0.2, -0.15) is 0 Å². The van der Waals surface area contributed by atoms with Crippen molar-refractivity contribution in [1.82, 2.24) is 0 Å². The van der Waals surface area contributed by atoms with Crippen LogP contribution in [0.25, 0.3) is 0 Å². The average molecular weight is 246 g/mol. The molecule has 1 amide bonds. The number of carbonyl (C=O) groups is 1. The standard InChI is InChI=1S/C10H13ClFN3O/c11-6-4-9(8(13)5-7(6)12)15-3-1-2-10(14)16/h4-5,15H,1-3,13H2,(H2,14,16). The Morgan fingerprint density at radius 1 is 1.50 bits per heavy atom. The third-order valence-corrected chi connectivity index (χ3v) is 2.30. The lowest BCUT2D eigenvalue weighted by molar-refractivity contribution is -0.118. The predicted molar refractivity (Wildman–Crippen MR) is 62.7 cm³/mol. The maximum absolute atomic E-state index is 13.0. The second-order valence-electron chi connectivity index (χ2n) is 3.35. The first-order valence-electron chi connectivity index (χ1n) is 4.77. The maximum atomic E-state index is 13.0. The number of primary amides is 1. The molecule has 5 N–H and O–H groups in total. The van der Waals surface area contributed by atoms with Crippen molar-refractivity contribution in [2.75, 3.05) is 17.6 Å². The Balaban J connectivity index is 2.54. The SMILES string of the molecule is NC(=O)CCCNc1cc(Cl)c(F)cc1N. The van der Waals surface area contributed by atoms with E-state index in [1.165, 1.54) is 6.07 Å². The van der Waals surface area contributed by atoms with Crippen molar-refractivity contribution in [3.63, 3.8) is 0 Å². The van der Waals surface area contributed by atoms with Crippen LogP contribution in [0.2, 0.25) is 5.02 Å². The fraction of sp³-hybridized carbons (Fsp3) is 0.300. The lowest BCUT2D eigenvalue weighted by Gasteiger charge is -2.09. The highest BCUT2D eigenvalue weighted by molar-refractivity contribution is 6.31. The Kier molecular flexibility index (Phi) is 4.37. The Morgan fingerprint density at radius 3 is 2.81 bits per heavy atom. The van der Waals surface area contributed by atoms with Gasteiger partial charge in [0.25, 0.3) is 0 Å². The highest BCUT2D eigenvalue weighted by atomic mass is 35.5. The molecule has 0 aliphatic rings. The van der Waals surface area contributed by atoms with Crippen LogP contribution in [0.1, 0.15) is 12.8 Å². The van der Waals surface area contributed by atoms with Gasteiger partial charge in [0.2, 0.25) is 5.91 Å². The van der Waals surface area contributed by atoms with Gasteiger partial charge in [0, 0.05) is 19.0 Å². The Bertz CT molecular complexity index is 398. The molecule has 0 heterocycles. The van der Waals surface area contributed by atoms with Crippen LogP contribution in [0.3, 0.4) is 0 Å². The fourth-order valence-corrected chi connectivity index (χ4v) is 1.36. The summed E-state index contributed by atoms with van der Waals surface area (Å²) in [6, 6.07) is 2.56. The summed E-state index contributed by atoms with van der Waals surface area (Å²) >= 11 is 5.60. The molecule has 0 aliphatic heterocycles. The van der Waals surface area contributed by atoms with E-state index in [9.17, 15) is 9.18 Å². The molecule has 0 aromatic heterocycles. The Hall–Kier alpha value is -1.49. The van der Waals surface area contributed by atoms with Crippen molar-refractivity contribution >= 4 is 28.9 Å². The molecule has 0 bridgehead atoms. The molecule has 1 rings (SSSR count). The van der Waals surface area contributed by atoms with Crippen LogP contribution in [-0.2, 0) is 4.79 Å². The van der Waals surface area contributed by atoms with Gasteiger partial charge in [-0.25, -0.2) is 4.39 Å². The van der Waals surface area contributed by atoms with E-state index in [-0.39, 0.29) is 16.6 Å². The molecule has 4 nitrogen and oxygen atoms in total. The van der Waals surface area contributed by atoms with Gasteiger partial charge in [0.1, 0.15) is 5.82 Å². The molecule has 0 spiro atoms. The molecule has 0 fully saturated rings. The number of halogens is 2. The van der Waals surface area contributed by atoms with E-state index in [1.54, 1.807) is 0 Å². The van der Waals surface area contributed by atoms with Crippen molar-refractivity contribution in [3.8, 4) is 0 Å². The topological polar surface area (TPSA) is 81.1 Å². The summed E-state index contributed by atoms with van der Waals surface area (Å²) in [7, 11) is 0. The molecule has 1 aromatic rings. The second kappa shape index (κ2) is 5.55. The van der Waals surface area contributed by atoms with Crippen molar-refractivity contribution < 1.29 is 9.18 Å². The third kappa shape index (κ3) is 3.58. The number of hydrogen-bond acceptors (Lipinski definition) is 3. The van der Waals surface area contributed by atoms with E-state index in [0.717, 1.165) is 6.07 Å². The summed E-state index contributed by atoms with van der Waals surface area (Å²) in [6.45, 7) is 0.523. The molecule has 0 saturated carbocycles. The number of hydrogen-bond donors (Lipinski definition) is 3. The zero-order chi connectivity index (χ0) is 12.1. The molecule has 1 aromatic carbocycles. The van der Waals surface area contributed by atoms with E-state index in [2.05, 4.69) is 5.32 Å². The lowest BCUT2D eigenvalue weighted by Crippen LogP contribution is -2.13. The van der Waals surface area contributed by atoms with Crippen molar-refractivity contribution in [2.45, 2.75) is 12.8 Å². The first-order chi connectivity index (χ1) is 7.50. The summed E-state index contributed by atoms with van der Waals surface area (Å²) < 4.78 is 13.0. The third-order valence-electron chi connectivity index (χ3n) is 2.01. The van der Waals surface area contributed by atoms with Gasteiger partial charge in [0.05, 0.1) is 16.4 Å². The van der Waals surface area contributed by atoms with Gasteiger partial charge in [-0.15, -0.1) is 0 Å². The van der Waals surface area contributed by atoms with E-state index in [0.29, 0.717) is 25.1 Å². The van der Waals surface area contributed by atoms with E-state index >= 15 is 0 Å². The number of carbonyl (C=O) groups excluding carboxylic acids is 1. The summed E-state index contributed by atoms with van der Waals surface area (Å²) in [6.07, 6.45) is 0.881. The zero-order valence-electron chi connectivity index (χ0n) is 8.59. The number of rotatable bonds is 5. The lowest BCUT2D eigenvalue weighted by atomic mass is 10.2. The number of nitrogens with one attached hydrogen (secondary N) is 1. The molecule has 0 aliphatic carbocycles. The highest BCUT2D eigenvalue weighted by Gasteiger charge is 2.05. The molecule has 0 radical (unpaired) electrons. The van der Waals surface area contributed by atoms with Crippen LogP contribution in [-0.4, -0.2) is 12.5 Å². The van der Waals surface area contributed by atoms with E-state index in [4.69, 9.17) is 23.1 Å². The number of benzene rings is 1. The van der Waals surface area contributed by atoms with Crippen LogP contribution >= 0.6 is 11.6 Å². The average Bonchev–Trinajstić information content (AvgIpc) is 2.19. The predicted octanol–water partition coefficient (Wildman–Crippen LogP) is 1.74. The zero-order valence-corrected chi connectivity index (χ0v) is 9.35. The van der Waals surface area contributed by atoms with Crippen LogP contribution < -0.4 is 16.8 Å². The van der Waals surface area contributed by atoms with Crippen molar-refractivity contribution in [1.29, 1.82) is 0 Å². The Morgan fingerprint density at radius 2 is 2.19 bits per heavy atom. The van der Waals surface area contributed by atoms with Crippen LogP contribution in [0.4, 0.5) is 15.8 Å². The van der Waals surface area contributed by atoms with Gasteiger partial charge in [0.15, 0.2) is 0 Å². The van der Waals surface area contributed by atoms with Crippen LogP contribution in [0.5, 0.6) is 0 Å². The van der Waals surface area contributed by atoms with Gasteiger partial charge in [-0.1, -0.05) is 11.6 Å². The number of nitrogen functional groups attached to an aromatic ring is 1. The fourth-order valence-electron chi connectivity index (χ4n) is 1.20. The monoisotopic (exact) mass is 245 g/mol. The minimum absolute atomic E-state index is 0.00611. The minimum Gasteiger partial charge on any atom is -0.397 e. The first kappa shape index (κ1) is 12.6. The Labute approximate surface area is 97.8 Å². The molecule has 16 heavy (non-hydrogen) atoms. The van der Waals surface area contributed by atoms with Gasteiger partial charge >= 0.3 is 0 Å². The molecular weight excluding hydrogens is 233 g/mol. The first-order valence-corrected chi connectivity index (χ1v) is 5.15. The van der Waals surface area contributed by atoms with E-state index < -0.39 is 5.82 Å². The van der Waals surface area contributed by atoms with Gasteiger partial charge in [-0.05, 0) is 12.5 Å². The summed E-state index contributed by atoms with van der Waals surface area (Å²) in [4.78, 5) is 10.5.